The van der Waals surface area contributed by atoms with E-state index in [1.165, 1.54) is 6.92 Å². The highest BCUT2D eigenvalue weighted by atomic mass is 19.4. The van der Waals surface area contributed by atoms with E-state index in [-0.39, 0.29) is 0 Å². The third-order valence-corrected chi connectivity index (χ3v) is 2.79. The van der Waals surface area contributed by atoms with Crippen molar-refractivity contribution in [3.63, 3.8) is 0 Å². The molecule has 0 spiro atoms. The van der Waals surface area contributed by atoms with E-state index in [4.69, 9.17) is 5.73 Å². The van der Waals surface area contributed by atoms with Crippen LogP contribution in [0, 0.1) is 0 Å². The summed E-state index contributed by atoms with van der Waals surface area (Å²) in [6, 6.07) is 4.37. The van der Waals surface area contributed by atoms with Crippen LogP contribution in [0.2, 0.25) is 0 Å². The number of pyridine rings is 1. The predicted octanol–water partition coefficient (Wildman–Crippen LogP) is 3.57. The van der Waals surface area contributed by atoms with E-state index >= 15 is 0 Å². The lowest BCUT2D eigenvalue weighted by molar-refractivity contribution is -0.136. The van der Waals surface area contributed by atoms with Gasteiger partial charge in [-0.05, 0) is 25.1 Å². The molecule has 0 bridgehead atoms. The van der Waals surface area contributed by atoms with Crippen LogP contribution in [-0.2, 0) is 0 Å². The summed E-state index contributed by atoms with van der Waals surface area (Å²) in [6.07, 6.45) is -1.88. The van der Waals surface area contributed by atoms with Crippen LogP contribution in [-0.4, -0.2) is 17.2 Å². The molecule has 0 saturated heterocycles. The van der Waals surface area contributed by atoms with E-state index in [1.54, 1.807) is 30.6 Å². The van der Waals surface area contributed by atoms with Gasteiger partial charge < -0.3 is 11.1 Å². The zero-order valence-electron chi connectivity index (χ0n) is 10.3. The van der Waals surface area contributed by atoms with E-state index < -0.39 is 18.6 Å². The first kappa shape index (κ1) is 13.5. The van der Waals surface area contributed by atoms with Gasteiger partial charge in [0.15, 0.2) is 0 Å². The zero-order chi connectivity index (χ0) is 14.0. The second kappa shape index (κ2) is 4.95. The lowest BCUT2D eigenvalue weighted by Gasteiger charge is -2.18. The van der Waals surface area contributed by atoms with E-state index in [9.17, 15) is 13.2 Å². The Balaban J connectivity index is 2.29. The van der Waals surface area contributed by atoms with E-state index in [0.29, 0.717) is 11.4 Å². The van der Waals surface area contributed by atoms with Crippen LogP contribution in [0.5, 0.6) is 0 Å². The molecule has 1 heterocycles. The summed E-state index contributed by atoms with van der Waals surface area (Å²) in [4.78, 5) is 3.97. The minimum absolute atomic E-state index is 0.553. The molecular weight excluding hydrogens is 255 g/mol. The van der Waals surface area contributed by atoms with Crippen molar-refractivity contribution in [1.29, 1.82) is 0 Å². The monoisotopic (exact) mass is 269 g/mol. The second-order valence-corrected chi connectivity index (χ2v) is 4.49. The third-order valence-electron chi connectivity index (χ3n) is 2.79. The molecule has 19 heavy (non-hydrogen) atoms. The van der Waals surface area contributed by atoms with Crippen LogP contribution in [0.25, 0.3) is 10.8 Å². The number of nitrogen functional groups attached to an aromatic ring is 1. The molecule has 0 aliphatic rings. The number of hydrogen-bond acceptors (Lipinski definition) is 3. The van der Waals surface area contributed by atoms with Crippen molar-refractivity contribution in [2.24, 2.45) is 0 Å². The maximum atomic E-state index is 12.3. The van der Waals surface area contributed by atoms with Crippen molar-refractivity contribution >= 4 is 22.1 Å². The zero-order valence-corrected chi connectivity index (χ0v) is 10.3. The van der Waals surface area contributed by atoms with Gasteiger partial charge in [0.05, 0.1) is 6.42 Å². The van der Waals surface area contributed by atoms with Crippen LogP contribution >= 0.6 is 0 Å². The quantitative estimate of drug-likeness (QED) is 0.837. The number of nitrogens with one attached hydrogen (secondary N) is 1. The summed E-state index contributed by atoms with van der Waals surface area (Å²) in [5, 5.41) is 4.36. The second-order valence-electron chi connectivity index (χ2n) is 4.49. The molecule has 1 aromatic heterocycles. The molecule has 2 rings (SSSR count). The minimum Gasteiger partial charge on any atom is -0.398 e. The van der Waals surface area contributed by atoms with Gasteiger partial charge >= 0.3 is 6.18 Å². The Labute approximate surface area is 108 Å². The molecule has 0 aliphatic heterocycles. The van der Waals surface area contributed by atoms with Crippen molar-refractivity contribution in [3.8, 4) is 0 Å². The third kappa shape index (κ3) is 3.27. The Morgan fingerprint density at radius 1 is 1.26 bits per heavy atom. The standard InChI is InChI=1S/C13H14F3N3/c1-8(6-13(14,15)16)19-12-3-2-11(17)10-7-18-5-4-9(10)12/h2-5,7-8,19H,6,17H2,1H3. The Morgan fingerprint density at radius 2 is 2.00 bits per heavy atom. The minimum atomic E-state index is -4.18. The summed E-state index contributed by atoms with van der Waals surface area (Å²) >= 11 is 0. The first-order chi connectivity index (χ1) is 8.87. The number of alkyl halides is 3. The highest BCUT2D eigenvalue weighted by Crippen LogP contribution is 2.29. The van der Waals surface area contributed by atoms with Gasteiger partial charge in [0, 0.05) is 40.6 Å². The summed E-state index contributed by atoms with van der Waals surface area (Å²) in [5.74, 6) is 0. The highest BCUT2D eigenvalue weighted by molar-refractivity contribution is 6.00. The van der Waals surface area contributed by atoms with Crippen molar-refractivity contribution in [1.82, 2.24) is 4.98 Å². The number of rotatable bonds is 3. The van der Waals surface area contributed by atoms with Gasteiger partial charge in [-0.3, -0.25) is 4.98 Å². The predicted molar refractivity (Wildman–Crippen MR) is 69.9 cm³/mol. The Kier molecular flexibility index (Phi) is 3.50. The molecule has 0 fully saturated rings. The fourth-order valence-electron chi connectivity index (χ4n) is 2.00. The lowest BCUT2D eigenvalue weighted by Crippen LogP contribution is -2.23. The number of nitrogens with two attached hydrogens (primary N) is 1. The van der Waals surface area contributed by atoms with Gasteiger partial charge in [-0.1, -0.05) is 0 Å². The molecule has 0 radical (unpaired) electrons. The smallest absolute Gasteiger partial charge is 0.391 e. The summed E-state index contributed by atoms with van der Waals surface area (Å²) in [5.41, 5.74) is 6.99. The topological polar surface area (TPSA) is 50.9 Å². The van der Waals surface area contributed by atoms with Gasteiger partial charge in [0.25, 0.3) is 0 Å². The van der Waals surface area contributed by atoms with Crippen LogP contribution in [0.15, 0.2) is 30.6 Å². The van der Waals surface area contributed by atoms with Gasteiger partial charge in [0.2, 0.25) is 0 Å². The number of halogens is 3. The van der Waals surface area contributed by atoms with E-state index in [1.807, 2.05) is 0 Å². The molecule has 1 atom stereocenters. The van der Waals surface area contributed by atoms with Crippen LogP contribution in [0.1, 0.15) is 13.3 Å². The summed E-state index contributed by atoms with van der Waals surface area (Å²) in [7, 11) is 0. The molecule has 6 heteroatoms. The molecular formula is C13H14F3N3. The molecule has 0 amide bonds. The Morgan fingerprint density at radius 3 is 2.68 bits per heavy atom. The largest absolute Gasteiger partial charge is 0.398 e. The van der Waals surface area contributed by atoms with Crippen LogP contribution in [0.3, 0.4) is 0 Å². The molecule has 1 aromatic carbocycles. The van der Waals surface area contributed by atoms with Crippen LogP contribution in [0.4, 0.5) is 24.5 Å². The molecule has 102 valence electrons. The Hall–Kier alpha value is -1.98. The number of anilines is 2. The van der Waals surface area contributed by atoms with Crippen molar-refractivity contribution in [2.45, 2.75) is 25.6 Å². The number of hydrogen-bond donors (Lipinski definition) is 2. The molecule has 1 unspecified atom stereocenters. The summed E-state index contributed by atoms with van der Waals surface area (Å²) < 4.78 is 37.0. The number of benzene rings is 1. The van der Waals surface area contributed by atoms with E-state index in [2.05, 4.69) is 10.3 Å². The molecule has 3 nitrogen and oxygen atoms in total. The Bertz CT molecular complexity index is 581. The first-order valence-electron chi connectivity index (χ1n) is 5.82. The maximum absolute atomic E-state index is 12.3. The normalized spacial score (nSPS) is 13.5. The van der Waals surface area contributed by atoms with Gasteiger partial charge in [-0.25, -0.2) is 0 Å². The molecule has 0 saturated carbocycles. The molecule has 0 aliphatic carbocycles. The average molecular weight is 269 g/mol. The van der Waals surface area contributed by atoms with E-state index in [0.717, 1.165) is 10.8 Å². The number of fused-ring (bicyclic) bond motifs is 1. The van der Waals surface area contributed by atoms with Crippen molar-refractivity contribution < 1.29 is 13.2 Å². The highest BCUT2D eigenvalue weighted by Gasteiger charge is 2.30. The van der Waals surface area contributed by atoms with Crippen LogP contribution < -0.4 is 11.1 Å². The number of nitrogens with zero attached hydrogens (tertiary/aromatic N) is 1. The number of aromatic nitrogens is 1. The average Bonchev–Trinajstić information content (AvgIpc) is 2.31. The first-order valence-corrected chi connectivity index (χ1v) is 5.82. The maximum Gasteiger partial charge on any atom is 0.391 e. The lowest BCUT2D eigenvalue weighted by atomic mass is 10.1. The van der Waals surface area contributed by atoms with Gasteiger partial charge in [-0.2, -0.15) is 13.2 Å². The fourth-order valence-corrected chi connectivity index (χ4v) is 2.00. The SMILES string of the molecule is CC(CC(F)(F)F)Nc1ccc(N)c2cnccc12. The van der Waals surface area contributed by atoms with Gasteiger partial charge in [-0.15, -0.1) is 0 Å². The summed E-state index contributed by atoms with van der Waals surface area (Å²) in [6.45, 7) is 1.50. The molecule has 3 N–H and O–H groups in total. The van der Waals surface area contributed by atoms with Gasteiger partial charge in [0.1, 0.15) is 0 Å². The fraction of sp³-hybridized carbons (Fsp3) is 0.308. The molecule has 2 aromatic rings. The van der Waals surface area contributed by atoms with Crippen molar-refractivity contribution in [3.05, 3.63) is 30.6 Å². The van der Waals surface area contributed by atoms with Crippen molar-refractivity contribution in [2.75, 3.05) is 11.1 Å².